The zero-order valence-electron chi connectivity index (χ0n) is 11.5. The molecule has 2 aromatic rings. The Morgan fingerprint density at radius 2 is 2.00 bits per heavy atom. The summed E-state index contributed by atoms with van der Waals surface area (Å²) >= 11 is 5.92. The molecule has 0 spiro atoms. The van der Waals surface area contributed by atoms with Crippen LogP contribution in [0.25, 0.3) is 0 Å². The molecule has 2 aromatic carbocycles. The highest BCUT2D eigenvalue weighted by Gasteiger charge is 2.21. The van der Waals surface area contributed by atoms with Gasteiger partial charge in [-0.15, -0.1) is 0 Å². The third kappa shape index (κ3) is 2.68. The average Bonchev–Trinajstić information content (AvgIpc) is 2.63. The molecule has 112 valence electrons. The molecule has 0 saturated carbocycles. The number of fused-ring (bicyclic) bond motifs is 2. The summed E-state index contributed by atoms with van der Waals surface area (Å²) in [5.41, 5.74) is 1.20. The van der Waals surface area contributed by atoms with E-state index in [4.69, 9.17) is 16.3 Å². The average molecular weight is 319 g/mol. The number of ether oxygens (including phenoxy) is 2. The molecule has 2 N–H and O–H groups in total. The number of rotatable bonds is 1. The Balaban J connectivity index is 1.98. The van der Waals surface area contributed by atoms with Gasteiger partial charge < -0.3 is 14.8 Å². The fraction of sp³-hybridized carbons (Fsp3) is 0.0667. The first kappa shape index (κ1) is 14.2. The minimum absolute atomic E-state index is 0.293. The third-order valence-corrected chi connectivity index (χ3v) is 3.30. The Bertz CT molecular complexity index is 776. The van der Waals surface area contributed by atoms with Crippen LogP contribution < -0.4 is 15.4 Å². The minimum Gasteiger partial charge on any atom is -0.454 e. The molecule has 0 atom stereocenters. The first-order valence-electron chi connectivity index (χ1n) is 6.34. The van der Waals surface area contributed by atoms with E-state index in [2.05, 4.69) is 15.4 Å². The zero-order chi connectivity index (χ0) is 15.7. The van der Waals surface area contributed by atoms with Crippen LogP contribution in [0.15, 0.2) is 36.4 Å². The van der Waals surface area contributed by atoms with Crippen molar-refractivity contribution in [1.82, 2.24) is 0 Å². The van der Waals surface area contributed by atoms with Gasteiger partial charge in [0.05, 0.1) is 18.4 Å². The van der Waals surface area contributed by atoms with Crippen LogP contribution in [0.3, 0.4) is 0 Å². The molecule has 3 rings (SSSR count). The van der Waals surface area contributed by atoms with Crippen molar-refractivity contribution in [2.45, 2.75) is 0 Å². The summed E-state index contributed by atoms with van der Waals surface area (Å²) in [6.45, 7) is 0. The summed E-state index contributed by atoms with van der Waals surface area (Å²) in [5.74, 6) is 0.517. The predicted molar refractivity (Wildman–Crippen MR) is 81.9 cm³/mol. The van der Waals surface area contributed by atoms with Crippen molar-refractivity contribution in [2.75, 3.05) is 17.7 Å². The molecule has 0 radical (unpaired) electrons. The SMILES string of the molecule is COC(=O)Nc1ccc2c(c1)C(=O)Nc1cc(Cl)ccc1O2. The Kier molecular flexibility index (Phi) is 3.60. The number of nitrogens with one attached hydrogen (secondary N) is 2. The molecule has 1 aliphatic heterocycles. The number of benzene rings is 2. The Hall–Kier alpha value is -2.73. The van der Waals surface area contributed by atoms with E-state index >= 15 is 0 Å². The summed E-state index contributed by atoms with van der Waals surface area (Å²) in [7, 11) is 1.26. The molecule has 0 saturated heterocycles. The van der Waals surface area contributed by atoms with E-state index in [9.17, 15) is 9.59 Å². The van der Waals surface area contributed by atoms with Gasteiger partial charge in [-0.2, -0.15) is 0 Å². The lowest BCUT2D eigenvalue weighted by Crippen LogP contribution is -2.13. The van der Waals surface area contributed by atoms with Crippen LogP contribution in [0.2, 0.25) is 5.02 Å². The lowest BCUT2D eigenvalue weighted by molar-refractivity contribution is 0.102. The van der Waals surface area contributed by atoms with Crippen molar-refractivity contribution < 1.29 is 19.1 Å². The molecule has 22 heavy (non-hydrogen) atoms. The number of carbonyl (C=O) groups excluding carboxylic acids is 2. The number of methoxy groups -OCH3 is 1. The summed E-state index contributed by atoms with van der Waals surface area (Å²) < 4.78 is 10.2. The number of anilines is 2. The van der Waals surface area contributed by atoms with Gasteiger partial charge in [-0.1, -0.05) is 11.6 Å². The van der Waals surface area contributed by atoms with Crippen molar-refractivity contribution in [2.24, 2.45) is 0 Å². The van der Waals surface area contributed by atoms with E-state index in [0.29, 0.717) is 33.5 Å². The van der Waals surface area contributed by atoms with Crippen LogP contribution in [0.5, 0.6) is 11.5 Å². The first-order valence-corrected chi connectivity index (χ1v) is 6.72. The molecule has 6 nitrogen and oxygen atoms in total. The summed E-state index contributed by atoms with van der Waals surface area (Å²) in [6, 6.07) is 9.68. The standard InChI is InChI=1S/C15H11ClN2O4/c1-21-15(20)17-9-3-5-12-10(7-9)14(19)18-11-6-8(16)2-4-13(11)22-12/h2-7H,1H3,(H,17,20)(H,18,19). The number of halogens is 1. The van der Waals surface area contributed by atoms with Crippen LogP contribution in [0, 0.1) is 0 Å². The molecule has 0 aliphatic carbocycles. The van der Waals surface area contributed by atoms with Crippen LogP contribution in [-0.4, -0.2) is 19.1 Å². The fourth-order valence-electron chi connectivity index (χ4n) is 2.04. The van der Waals surface area contributed by atoms with Gasteiger partial charge in [0.25, 0.3) is 5.91 Å². The summed E-state index contributed by atoms with van der Waals surface area (Å²) in [4.78, 5) is 23.5. The van der Waals surface area contributed by atoms with E-state index in [0.717, 1.165) is 0 Å². The lowest BCUT2D eigenvalue weighted by Gasteiger charge is -2.09. The minimum atomic E-state index is -0.620. The van der Waals surface area contributed by atoms with Crippen LogP contribution in [0.1, 0.15) is 10.4 Å². The molecule has 0 aromatic heterocycles. The van der Waals surface area contributed by atoms with Crippen molar-refractivity contribution in [1.29, 1.82) is 0 Å². The molecule has 2 amide bonds. The fourth-order valence-corrected chi connectivity index (χ4v) is 2.21. The largest absolute Gasteiger partial charge is 0.454 e. The monoisotopic (exact) mass is 318 g/mol. The molecule has 1 aliphatic rings. The molecule has 1 heterocycles. The van der Waals surface area contributed by atoms with Gasteiger partial charge in [-0.25, -0.2) is 4.79 Å². The molecule has 0 unspecified atom stereocenters. The maximum Gasteiger partial charge on any atom is 0.411 e. The zero-order valence-corrected chi connectivity index (χ0v) is 12.2. The number of carbonyl (C=O) groups is 2. The van der Waals surface area contributed by atoms with E-state index in [1.54, 1.807) is 30.3 Å². The van der Waals surface area contributed by atoms with E-state index in [1.807, 2.05) is 0 Å². The van der Waals surface area contributed by atoms with Crippen molar-refractivity contribution in [3.05, 3.63) is 47.0 Å². The Morgan fingerprint density at radius 3 is 2.77 bits per heavy atom. The van der Waals surface area contributed by atoms with Gasteiger partial charge in [-0.3, -0.25) is 10.1 Å². The molecule has 7 heteroatoms. The normalized spacial score (nSPS) is 12.2. The molecular weight excluding hydrogens is 308 g/mol. The first-order chi connectivity index (χ1) is 10.6. The number of hydrogen-bond donors (Lipinski definition) is 2. The maximum atomic E-state index is 12.3. The second-order valence-corrected chi connectivity index (χ2v) is 4.96. The number of amides is 2. The van der Waals surface area contributed by atoms with Crippen molar-refractivity contribution in [3.8, 4) is 11.5 Å². The van der Waals surface area contributed by atoms with E-state index in [-0.39, 0.29) is 5.91 Å². The van der Waals surface area contributed by atoms with Gasteiger partial charge in [0.1, 0.15) is 5.75 Å². The quantitative estimate of drug-likeness (QED) is 0.836. The van der Waals surface area contributed by atoms with Gasteiger partial charge >= 0.3 is 6.09 Å². The molecule has 0 fully saturated rings. The summed E-state index contributed by atoms with van der Waals surface area (Å²) in [6.07, 6.45) is -0.620. The highest BCUT2D eigenvalue weighted by Crippen LogP contribution is 2.37. The second kappa shape index (κ2) is 5.57. The van der Waals surface area contributed by atoms with Gasteiger partial charge in [0.15, 0.2) is 5.75 Å². The van der Waals surface area contributed by atoms with E-state index < -0.39 is 6.09 Å². The topological polar surface area (TPSA) is 76.7 Å². The van der Waals surface area contributed by atoms with Gasteiger partial charge in [-0.05, 0) is 36.4 Å². The van der Waals surface area contributed by atoms with Crippen LogP contribution in [-0.2, 0) is 4.74 Å². The van der Waals surface area contributed by atoms with Crippen LogP contribution in [0.4, 0.5) is 16.2 Å². The second-order valence-electron chi connectivity index (χ2n) is 4.52. The smallest absolute Gasteiger partial charge is 0.411 e. The van der Waals surface area contributed by atoms with Crippen molar-refractivity contribution in [3.63, 3.8) is 0 Å². The third-order valence-electron chi connectivity index (χ3n) is 3.07. The highest BCUT2D eigenvalue weighted by atomic mass is 35.5. The predicted octanol–water partition coefficient (Wildman–Crippen LogP) is 3.88. The van der Waals surface area contributed by atoms with Gasteiger partial charge in [0, 0.05) is 10.7 Å². The Labute approximate surface area is 131 Å². The van der Waals surface area contributed by atoms with Gasteiger partial charge in [0.2, 0.25) is 0 Å². The maximum absolute atomic E-state index is 12.3. The molecular formula is C15H11ClN2O4. The summed E-state index contributed by atoms with van der Waals surface area (Å²) in [5, 5.41) is 5.70. The van der Waals surface area contributed by atoms with E-state index in [1.165, 1.54) is 13.2 Å². The highest BCUT2D eigenvalue weighted by molar-refractivity contribution is 6.31. The van der Waals surface area contributed by atoms with Crippen molar-refractivity contribution >= 4 is 35.0 Å². The number of hydrogen-bond acceptors (Lipinski definition) is 4. The Morgan fingerprint density at radius 1 is 1.23 bits per heavy atom. The molecule has 0 bridgehead atoms. The van der Waals surface area contributed by atoms with Crippen LogP contribution >= 0.6 is 11.6 Å². The lowest BCUT2D eigenvalue weighted by atomic mass is 10.1.